The van der Waals surface area contributed by atoms with Crippen molar-refractivity contribution in [2.24, 2.45) is 0 Å². The first-order valence-electron chi connectivity index (χ1n) is 6.84. The molecule has 0 saturated carbocycles. The van der Waals surface area contributed by atoms with Gasteiger partial charge in [0.1, 0.15) is 29.6 Å². The highest BCUT2D eigenvalue weighted by Crippen LogP contribution is 2.19. The van der Waals surface area contributed by atoms with Crippen molar-refractivity contribution in [2.75, 3.05) is 16.4 Å². The van der Waals surface area contributed by atoms with Crippen molar-refractivity contribution in [3.8, 4) is 0 Å². The predicted octanol–water partition coefficient (Wildman–Crippen LogP) is 3.25. The minimum absolute atomic E-state index is 0.456. The van der Waals surface area contributed by atoms with E-state index in [2.05, 4.69) is 31.7 Å². The zero-order valence-corrected chi connectivity index (χ0v) is 12.1. The summed E-state index contributed by atoms with van der Waals surface area (Å²) in [6.07, 6.45) is 1.49. The minimum atomic E-state index is 0.456. The predicted molar refractivity (Wildman–Crippen MR) is 88.4 cm³/mol. The van der Waals surface area contributed by atoms with Gasteiger partial charge in [0.25, 0.3) is 0 Å². The summed E-state index contributed by atoms with van der Waals surface area (Å²) in [5.74, 6) is 2.44. The van der Waals surface area contributed by atoms with E-state index < -0.39 is 0 Å². The Kier molecular flexibility index (Phi) is 3.82. The summed E-state index contributed by atoms with van der Waals surface area (Å²) in [7, 11) is 0. The Balaban J connectivity index is 1.78. The molecule has 0 radical (unpaired) electrons. The van der Waals surface area contributed by atoms with E-state index in [1.165, 1.54) is 11.9 Å². The van der Waals surface area contributed by atoms with E-state index in [4.69, 9.17) is 5.73 Å². The van der Waals surface area contributed by atoms with Gasteiger partial charge < -0.3 is 16.4 Å². The molecule has 0 spiro atoms. The lowest BCUT2D eigenvalue weighted by atomic mass is 10.2. The fourth-order valence-corrected chi connectivity index (χ4v) is 2.02. The van der Waals surface area contributed by atoms with Gasteiger partial charge in [-0.25, -0.2) is 15.0 Å². The molecule has 3 rings (SSSR count). The van der Waals surface area contributed by atoms with Gasteiger partial charge in [-0.05, 0) is 36.8 Å². The molecule has 1 aromatic carbocycles. The first kappa shape index (κ1) is 13.8. The molecule has 0 fully saturated rings. The molecule has 0 saturated heterocycles. The van der Waals surface area contributed by atoms with Crippen LogP contribution in [-0.2, 0) is 0 Å². The highest BCUT2D eigenvalue weighted by atomic mass is 15.1. The standard InChI is InChI=1S/C16H16N6/c1-11-4-2-5-12(8-11)20-15-9-16(19-10-18-15)22-14-7-3-6-13(17)21-14/h2-10H,1H3,(H4,17,18,19,20,21,22). The highest BCUT2D eigenvalue weighted by Gasteiger charge is 2.02. The molecule has 0 atom stereocenters. The quantitative estimate of drug-likeness (QED) is 0.684. The normalized spacial score (nSPS) is 10.2. The number of nitrogen functional groups attached to an aromatic ring is 1. The van der Waals surface area contributed by atoms with Gasteiger partial charge in [0.2, 0.25) is 0 Å². The van der Waals surface area contributed by atoms with Crippen LogP contribution < -0.4 is 16.4 Å². The van der Waals surface area contributed by atoms with E-state index in [-0.39, 0.29) is 0 Å². The van der Waals surface area contributed by atoms with Gasteiger partial charge in [-0.15, -0.1) is 0 Å². The zero-order chi connectivity index (χ0) is 15.4. The molecule has 0 amide bonds. The number of anilines is 5. The summed E-state index contributed by atoms with van der Waals surface area (Å²) in [6, 6.07) is 15.3. The lowest BCUT2D eigenvalue weighted by Gasteiger charge is -2.09. The van der Waals surface area contributed by atoms with Crippen LogP contribution in [0, 0.1) is 6.92 Å². The first-order chi connectivity index (χ1) is 10.7. The average Bonchev–Trinajstić information content (AvgIpc) is 2.47. The Hall–Kier alpha value is -3.15. The van der Waals surface area contributed by atoms with Crippen molar-refractivity contribution in [2.45, 2.75) is 6.92 Å². The molecule has 2 heterocycles. The summed E-state index contributed by atoms with van der Waals surface area (Å²) >= 11 is 0. The summed E-state index contributed by atoms with van der Waals surface area (Å²) in [4.78, 5) is 12.6. The first-order valence-corrected chi connectivity index (χ1v) is 6.84. The largest absolute Gasteiger partial charge is 0.384 e. The number of aromatic nitrogens is 3. The Bertz CT molecular complexity index is 724. The number of nitrogens with zero attached hydrogens (tertiary/aromatic N) is 3. The number of benzene rings is 1. The number of pyridine rings is 1. The second-order valence-electron chi connectivity index (χ2n) is 4.86. The molecule has 0 aliphatic rings. The van der Waals surface area contributed by atoms with Gasteiger partial charge in [0.15, 0.2) is 0 Å². The molecule has 0 bridgehead atoms. The van der Waals surface area contributed by atoms with Gasteiger partial charge in [0.05, 0.1) is 0 Å². The van der Waals surface area contributed by atoms with E-state index in [9.17, 15) is 0 Å². The lowest BCUT2D eigenvalue weighted by Crippen LogP contribution is -2.00. The number of hydrogen-bond acceptors (Lipinski definition) is 6. The Morgan fingerprint density at radius 3 is 2.41 bits per heavy atom. The van der Waals surface area contributed by atoms with Crippen LogP contribution in [0.3, 0.4) is 0 Å². The number of aryl methyl sites for hydroxylation is 1. The molecule has 110 valence electrons. The summed E-state index contributed by atoms with van der Waals surface area (Å²) in [5.41, 5.74) is 7.82. The molecule has 6 heteroatoms. The molecule has 22 heavy (non-hydrogen) atoms. The second kappa shape index (κ2) is 6.09. The molecule has 0 aliphatic carbocycles. The van der Waals surface area contributed by atoms with E-state index in [0.717, 1.165) is 5.69 Å². The van der Waals surface area contributed by atoms with Crippen molar-refractivity contribution in [1.82, 2.24) is 15.0 Å². The molecule has 3 aromatic rings. The highest BCUT2D eigenvalue weighted by molar-refractivity contribution is 5.62. The number of hydrogen-bond donors (Lipinski definition) is 3. The number of nitrogens with two attached hydrogens (primary N) is 1. The van der Waals surface area contributed by atoms with Gasteiger partial charge in [-0.1, -0.05) is 18.2 Å². The SMILES string of the molecule is Cc1cccc(Nc2cc(Nc3cccc(N)n3)ncn2)c1. The third kappa shape index (κ3) is 3.49. The topological polar surface area (TPSA) is 88.8 Å². The van der Waals surface area contributed by atoms with Crippen LogP contribution in [0.1, 0.15) is 5.56 Å². The molecule has 0 aliphatic heterocycles. The monoisotopic (exact) mass is 292 g/mol. The molecule has 6 nitrogen and oxygen atoms in total. The van der Waals surface area contributed by atoms with Crippen molar-refractivity contribution in [3.63, 3.8) is 0 Å². The molecule has 4 N–H and O–H groups in total. The fourth-order valence-electron chi connectivity index (χ4n) is 2.02. The smallest absolute Gasteiger partial charge is 0.137 e. The lowest BCUT2D eigenvalue weighted by molar-refractivity contribution is 1.16. The zero-order valence-electron chi connectivity index (χ0n) is 12.1. The van der Waals surface area contributed by atoms with E-state index in [0.29, 0.717) is 23.3 Å². The molecular formula is C16H16N6. The fraction of sp³-hybridized carbons (Fsp3) is 0.0625. The maximum Gasteiger partial charge on any atom is 0.137 e. The number of nitrogens with one attached hydrogen (secondary N) is 2. The third-order valence-corrected chi connectivity index (χ3v) is 2.98. The van der Waals surface area contributed by atoms with Crippen molar-refractivity contribution in [3.05, 3.63) is 60.4 Å². The van der Waals surface area contributed by atoms with Gasteiger partial charge in [-0.3, -0.25) is 0 Å². The van der Waals surface area contributed by atoms with Gasteiger partial charge >= 0.3 is 0 Å². The van der Waals surface area contributed by atoms with E-state index >= 15 is 0 Å². The minimum Gasteiger partial charge on any atom is -0.384 e. The van der Waals surface area contributed by atoms with Gasteiger partial charge in [-0.2, -0.15) is 0 Å². The summed E-state index contributed by atoms with van der Waals surface area (Å²) in [5, 5.41) is 6.35. The van der Waals surface area contributed by atoms with Crippen molar-refractivity contribution in [1.29, 1.82) is 0 Å². The van der Waals surface area contributed by atoms with Crippen LogP contribution in [0.2, 0.25) is 0 Å². The maximum atomic E-state index is 5.66. The number of rotatable bonds is 4. The third-order valence-electron chi connectivity index (χ3n) is 2.98. The van der Waals surface area contributed by atoms with Gasteiger partial charge in [0, 0.05) is 11.8 Å². The average molecular weight is 292 g/mol. The summed E-state index contributed by atoms with van der Waals surface area (Å²) < 4.78 is 0. The van der Waals surface area contributed by atoms with Crippen LogP contribution in [0.15, 0.2) is 54.9 Å². The van der Waals surface area contributed by atoms with Crippen molar-refractivity contribution < 1.29 is 0 Å². The van der Waals surface area contributed by atoms with Crippen LogP contribution >= 0.6 is 0 Å². The van der Waals surface area contributed by atoms with Crippen molar-refractivity contribution >= 4 is 29.0 Å². The summed E-state index contributed by atoms with van der Waals surface area (Å²) in [6.45, 7) is 2.05. The molecule has 0 unspecified atom stereocenters. The van der Waals surface area contributed by atoms with E-state index in [1.54, 1.807) is 6.07 Å². The van der Waals surface area contributed by atoms with E-state index in [1.807, 2.05) is 43.3 Å². The van der Waals surface area contributed by atoms with Crippen LogP contribution in [0.25, 0.3) is 0 Å². The molecule has 2 aromatic heterocycles. The Morgan fingerprint density at radius 2 is 1.64 bits per heavy atom. The van der Waals surface area contributed by atoms with Crippen LogP contribution in [0.5, 0.6) is 0 Å². The second-order valence-corrected chi connectivity index (χ2v) is 4.86. The molecular weight excluding hydrogens is 276 g/mol. The maximum absolute atomic E-state index is 5.66. The Labute approximate surface area is 128 Å². The van der Waals surface area contributed by atoms with Crippen LogP contribution in [-0.4, -0.2) is 15.0 Å². The van der Waals surface area contributed by atoms with Crippen LogP contribution in [0.4, 0.5) is 29.0 Å². The Morgan fingerprint density at radius 1 is 0.864 bits per heavy atom.